The number of carboxylic acid groups (broad SMARTS) is 2. The van der Waals surface area contributed by atoms with Gasteiger partial charge in [0.15, 0.2) is 0 Å². The molecule has 0 bridgehead atoms. The van der Waals surface area contributed by atoms with Crippen LogP contribution in [0.3, 0.4) is 0 Å². The number of nitrogens with zero attached hydrogens (tertiary/aromatic N) is 2. The quantitative estimate of drug-likeness (QED) is 0.372. The van der Waals surface area contributed by atoms with E-state index in [1.54, 1.807) is 0 Å². The lowest BCUT2D eigenvalue weighted by molar-refractivity contribution is -0.384. The van der Waals surface area contributed by atoms with Crippen LogP contribution in [0.4, 0.5) is 17.1 Å². The largest absolute Gasteiger partial charge is 0.478 e. The van der Waals surface area contributed by atoms with E-state index in [2.05, 4.69) is 5.32 Å². The van der Waals surface area contributed by atoms with E-state index in [0.29, 0.717) is 4.90 Å². The molecule has 1 aliphatic heterocycles. The number of imide groups is 1. The number of anilines is 2. The summed E-state index contributed by atoms with van der Waals surface area (Å²) in [4.78, 5) is 58.8. The Kier molecular flexibility index (Phi) is 4.96. The number of nitrogens with one attached hydrogen (secondary N) is 1. The van der Waals surface area contributed by atoms with Gasteiger partial charge in [0, 0.05) is 6.07 Å². The number of carbonyl (C=O) groups excluding carboxylic acids is 2. The van der Waals surface area contributed by atoms with Crippen molar-refractivity contribution in [2.24, 2.45) is 0 Å². The minimum absolute atomic E-state index is 0.0380. The van der Waals surface area contributed by atoms with Gasteiger partial charge in [0.05, 0.1) is 28.2 Å². The lowest BCUT2D eigenvalue weighted by Gasteiger charge is -2.17. The smallest absolute Gasteiger partial charge is 0.335 e. The number of amides is 2. The van der Waals surface area contributed by atoms with Gasteiger partial charge < -0.3 is 15.5 Å². The lowest BCUT2D eigenvalue weighted by Crippen LogP contribution is -2.35. The summed E-state index contributed by atoms with van der Waals surface area (Å²) >= 11 is 0. The number of rotatable bonds is 6. The summed E-state index contributed by atoms with van der Waals surface area (Å²) in [6, 6.07) is 7.37. The van der Waals surface area contributed by atoms with Crippen molar-refractivity contribution < 1.29 is 34.3 Å². The van der Waals surface area contributed by atoms with Gasteiger partial charge in [-0.15, -0.1) is 0 Å². The van der Waals surface area contributed by atoms with Gasteiger partial charge in [-0.25, -0.2) is 14.5 Å². The van der Waals surface area contributed by atoms with Crippen LogP contribution < -0.4 is 10.2 Å². The zero-order chi connectivity index (χ0) is 21.3. The molecule has 0 aromatic heterocycles. The average Bonchev–Trinajstić information content (AvgIpc) is 2.94. The van der Waals surface area contributed by atoms with Gasteiger partial charge in [-0.05, 0) is 24.3 Å². The second kappa shape index (κ2) is 7.38. The molecule has 2 amide bonds. The van der Waals surface area contributed by atoms with E-state index in [-0.39, 0.29) is 23.5 Å². The maximum Gasteiger partial charge on any atom is 0.335 e. The number of benzene rings is 2. The fourth-order valence-corrected chi connectivity index (χ4v) is 2.95. The maximum absolute atomic E-state index is 12.7. The number of carboxylic acids is 2. The molecule has 1 atom stereocenters. The molecule has 1 fully saturated rings. The summed E-state index contributed by atoms with van der Waals surface area (Å²) in [6.45, 7) is 0. The Morgan fingerprint density at radius 1 is 1.07 bits per heavy atom. The molecule has 2 aromatic rings. The van der Waals surface area contributed by atoms with Gasteiger partial charge in [-0.2, -0.15) is 0 Å². The Bertz CT molecular complexity index is 1030. The number of nitro benzene ring substituents is 1. The Morgan fingerprint density at radius 3 is 2.21 bits per heavy atom. The van der Waals surface area contributed by atoms with Gasteiger partial charge in [-0.3, -0.25) is 19.7 Å². The monoisotopic (exact) mass is 399 g/mol. The van der Waals surface area contributed by atoms with Gasteiger partial charge in [-0.1, -0.05) is 12.1 Å². The first-order valence-electron chi connectivity index (χ1n) is 8.17. The number of nitro groups is 1. The van der Waals surface area contributed by atoms with Gasteiger partial charge in [0.2, 0.25) is 5.91 Å². The van der Waals surface area contributed by atoms with Crippen LogP contribution >= 0.6 is 0 Å². The zero-order valence-electron chi connectivity index (χ0n) is 14.6. The fourth-order valence-electron chi connectivity index (χ4n) is 2.95. The van der Waals surface area contributed by atoms with Crippen LogP contribution in [0, 0.1) is 10.1 Å². The minimum Gasteiger partial charge on any atom is -0.478 e. The summed E-state index contributed by atoms with van der Waals surface area (Å²) in [7, 11) is 0. The van der Waals surface area contributed by atoms with Crippen LogP contribution in [0.25, 0.3) is 0 Å². The topological polar surface area (TPSA) is 167 Å². The second-order valence-corrected chi connectivity index (χ2v) is 6.12. The molecule has 0 spiro atoms. The third-order valence-electron chi connectivity index (χ3n) is 4.25. The van der Waals surface area contributed by atoms with E-state index in [1.807, 2.05) is 0 Å². The van der Waals surface area contributed by atoms with E-state index in [4.69, 9.17) is 10.2 Å². The van der Waals surface area contributed by atoms with Gasteiger partial charge in [0.1, 0.15) is 11.7 Å². The predicted octanol–water partition coefficient (Wildman–Crippen LogP) is 1.74. The SMILES string of the molecule is O=C(O)c1cc(C(=O)O)cc(N2C(=O)CC(Nc3ccccc3[N+](=O)[O-])C2=O)c1. The molecule has 0 aliphatic carbocycles. The van der Waals surface area contributed by atoms with Crippen molar-refractivity contribution in [3.8, 4) is 0 Å². The fraction of sp³-hybridized carbons (Fsp3) is 0.111. The van der Waals surface area contributed by atoms with Crippen molar-refractivity contribution in [1.82, 2.24) is 0 Å². The molecule has 148 valence electrons. The molecule has 1 saturated heterocycles. The summed E-state index contributed by atoms with van der Waals surface area (Å²) in [5.74, 6) is -4.34. The van der Waals surface area contributed by atoms with Crippen molar-refractivity contribution in [2.75, 3.05) is 10.2 Å². The summed E-state index contributed by atoms with van der Waals surface area (Å²) in [5.41, 5.74) is -1.27. The normalized spacial score (nSPS) is 16.0. The van der Waals surface area contributed by atoms with E-state index in [9.17, 15) is 29.3 Å². The van der Waals surface area contributed by atoms with Gasteiger partial charge >= 0.3 is 11.9 Å². The highest BCUT2D eigenvalue weighted by molar-refractivity contribution is 6.23. The van der Waals surface area contributed by atoms with E-state index >= 15 is 0 Å². The zero-order valence-corrected chi connectivity index (χ0v) is 14.6. The first kappa shape index (κ1) is 19.5. The highest BCUT2D eigenvalue weighted by atomic mass is 16.6. The number of hydrogen-bond donors (Lipinski definition) is 3. The van der Waals surface area contributed by atoms with Crippen LogP contribution in [-0.2, 0) is 9.59 Å². The molecular formula is C18H13N3O8. The standard InChI is InChI=1S/C18H13N3O8/c22-15-8-13(19-12-3-1-2-4-14(12)21(28)29)16(23)20(15)11-6-9(17(24)25)5-10(7-11)18(26)27/h1-7,13,19H,8H2,(H,24,25)(H,26,27). The summed E-state index contributed by atoms with van der Waals surface area (Å²) in [6.07, 6.45) is -0.343. The number of aromatic carboxylic acids is 2. The third kappa shape index (κ3) is 3.74. The number of hydrogen-bond acceptors (Lipinski definition) is 7. The first-order valence-corrected chi connectivity index (χ1v) is 8.17. The van der Waals surface area contributed by atoms with Crippen LogP contribution in [0.2, 0.25) is 0 Å². The number of carbonyl (C=O) groups is 4. The number of para-hydroxylation sites is 2. The molecule has 0 radical (unpaired) electrons. The molecule has 1 unspecified atom stereocenters. The molecule has 1 aliphatic rings. The van der Waals surface area contributed by atoms with Crippen LogP contribution in [0.15, 0.2) is 42.5 Å². The van der Waals surface area contributed by atoms with Crippen molar-refractivity contribution >= 4 is 40.8 Å². The molecule has 29 heavy (non-hydrogen) atoms. The van der Waals surface area contributed by atoms with Crippen molar-refractivity contribution in [3.05, 3.63) is 63.7 Å². The van der Waals surface area contributed by atoms with Gasteiger partial charge in [0.25, 0.3) is 11.6 Å². The second-order valence-electron chi connectivity index (χ2n) is 6.12. The van der Waals surface area contributed by atoms with Crippen LogP contribution in [0.1, 0.15) is 27.1 Å². The lowest BCUT2D eigenvalue weighted by atomic mass is 10.1. The third-order valence-corrected chi connectivity index (χ3v) is 4.25. The molecule has 2 aromatic carbocycles. The van der Waals surface area contributed by atoms with E-state index in [1.165, 1.54) is 24.3 Å². The average molecular weight is 399 g/mol. The van der Waals surface area contributed by atoms with Crippen molar-refractivity contribution in [2.45, 2.75) is 12.5 Å². The van der Waals surface area contributed by atoms with Crippen LogP contribution in [0.5, 0.6) is 0 Å². The maximum atomic E-state index is 12.7. The van der Waals surface area contributed by atoms with Crippen LogP contribution in [-0.4, -0.2) is 44.9 Å². The molecule has 11 heteroatoms. The molecule has 3 rings (SSSR count). The van der Waals surface area contributed by atoms with Crippen molar-refractivity contribution in [1.29, 1.82) is 0 Å². The minimum atomic E-state index is -1.43. The molecular weight excluding hydrogens is 386 g/mol. The highest BCUT2D eigenvalue weighted by Gasteiger charge is 2.40. The Morgan fingerprint density at radius 2 is 1.66 bits per heavy atom. The Balaban J connectivity index is 1.95. The Labute approximate surface area is 162 Å². The summed E-state index contributed by atoms with van der Waals surface area (Å²) in [5, 5.41) is 32.1. The Hall–Kier alpha value is -4.28. The predicted molar refractivity (Wildman–Crippen MR) is 98.0 cm³/mol. The highest BCUT2D eigenvalue weighted by Crippen LogP contribution is 2.30. The molecule has 11 nitrogen and oxygen atoms in total. The molecule has 1 heterocycles. The van der Waals surface area contributed by atoms with Crippen molar-refractivity contribution in [3.63, 3.8) is 0 Å². The van der Waals surface area contributed by atoms with E-state index in [0.717, 1.165) is 18.2 Å². The van der Waals surface area contributed by atoms with E-state index < -0.39 is 45.8 Å². The summed E-state index contributed by atoms with van der Waals surface area (Å²) < 4.78 is 0. The molecule has 3 N–H and O–H groups in total. The molecule has 0 saturated carbocycles. The first-order chi connectivity index (χ1) is 13.7.